The van der Waals surface area contributed by atoms with Gasteiger partial charge in [0, 0.05) is 0 Å². The second-order valence-electron chi connectivity index (χ2n) is 5.52. The second kappa shape index (κ2) is 6.24. The van der Waals surface area contributed by atoms with Crippen LogP contribution in [0.15, 0.2) is 18.2 Å². The van der Waals surface area contributed by atoms with E-state index in [1.165, 1.54) is 32.1 Å². The number of hydrogen-bond donors (Lipinski definition) is 1. The maximum Gasteiger partial charge on any atom is 0.122 e. The number of aliphatic hydroxyl groups excluding tert-OH is 1. The summed E-state index contributed by atoms with van der Waals surface area (Å²) in [4.78, 5) is 0. The largest absolute Gasteiger partial charge is 0.493 e. The Labute approximate surface area is 110 Å². The first kappa shape index (κ1) is 13.4. The molecule has 0 bridgehead atoms. The van der Waals surface area contributed by atoms with E-state index in [4.69, 9.17) is 4.74 Å². The molecule has 0 heterocycles. The second-order valence-corrected chi connectivity index (χ2v) is 5.52. The van der Waals surface area contributed by atoms with Gasteiger partial charge in [0.25, 0.3) is 0 Å². The smallest absolute Gasteiger partial charge is 0.122 e. The highest BCUT2D eigenvalue weighted by atomic mass is 16.5. The molecule has 2 nitrogen and oxygen atoms in total. The van der Waals surface area contributed by atoms with Gasteiger partial charge in [-0.3, -0.25) is 0 Å². The molecular formula is C16H24O2. The van der Waals surface area contributed by atoms with Crippen molar-refractivity contribution in [3.63, 3.8) is 0 Å². The zero-order valence-corrected chi connectivity index (χ0v) is 11.5. The van der Waals surface area contributed by atoms with Crippen molar-refractivity contribution in [2.75, 3.05) is 6.61 Å². The fourth-order valence-corrected chi connectivity index (χ4v) is 2.66. The summed E-state index contributed by atoms with van der Waals surface area (Å²) in [6.45, 7) is 4.67. The molecule has 1 aliphatic rings. The maximum atomic E-state index is 9.53. The van der Waals surface area contributed by atoms with Crippen molar-refractivity contribution in [3.8, 4) is 5.75 Å². The molecule has 1 atom stereocenters. The molecule has 1 fully saturated rings. The van der Waals surface area contributed by atoms with Crippen LogP contribution in [-0.2, 0) is 0 Å². The molecule has 2 rings (SSSR count). The maximum absolute atomic E-state index is 9.53. The lowest BCUT2D eigenvalue weighted by atomic mass is 9.90. The van der Waals surface area contributed by atoms with Gasteiger partial charge in [-0.1, -0.05) is 25.3 Å². The summed E-state index contributed by atoms with van der Waals surface area (Å²) in [5.41, 5.74) is 2.07. The Morgan fingerprint density at radius 2 is 2.00 bits per heavy atom. The van der Waals surface area contributed by atoms with Crippen LogP contribution < -0.4 is 4.74 Å². The molecule has 1 aromatic rings. The molecular weight excluding hydrogens is 224 g/mol. The van der Waals surface area contributed by atoms with E-state index in [1.54, 1.807) is 6.92 Å². The molecule has 2 heteroatoms. The van der Waals surface area contributed by atoms with Gasteiger partial charge < -0.3 is 9.84 Å². The fraction of sp³-hybridized carbons (Fsp3) is 0.625. The van der Waals surface area contributed by atoms with Crippen LogP contribution in [0.3, 0.4) is 0 Å². The van der Waals surface area contributed by atoms with Gasteiger partial charge in [0.05, 0.1) is 12.7 Å². The summed E-state index contributed by atoms with van der Waals surface area (Å²) >= 11 is 0. The van der Waals surface area contributed by atoms with Crippen LogP contribution in [0.5, 0.6) is 5.75 Å². The first-order valence-corrected chi connectivity index (χ1v) is 7.08. The molecule has 1 N–H and O–H groups in total. The van der Waals surface area contributed by atoms with Crippen molar-refractivity contribution in [1.82, 2.24) is 0 Å². The Hall–Kier alpha value is -1.02. The van der Waals surface area contributed by atoms with Gasteiger partial charge in [-0.15, -0.1) is 0 Å². The molecule has 1 saturated carbocycles. The predicted octanol–water partition coefficient (Wildman–Crippen LogP) is 4.01. The highest BCUT2D eigenvalue weighted by Gasteiger charge is 2.14. The third-order valence-electron chi connectivity index (χ3n) is 3.88. The highest BCUT2D eigenvalue weighted by molar-refractivity contribution is 5.36. The molecule has 0 radical (unpaired) electrons. The van der Waals surface area contributed by atoms with Crippen LogP contribution in [0.2, 0.25) is 0 Å². The minimum atomic E-state index is -0.406. The number of benzene rings is 1. The summed E-state index contributed by atoms with van der Waals surface area (Å²) < 4.78 is 5.93. The zero-order chi connectivity index (χ0) is 13.0. The number of aryl methyl sites for hydroxylation is 1. The van der Waals surface area contributed by atoms with Crippen molar-refractivity contribution < 1.29 is 9.84 Å². The van der Waals surface area contributed by atoms with E-state index in [1.807, 2.05) is 25.1 Å². The first-order valence-electron chi connectivity index (χ1n) is 7.08. The van der Waals surface area contributed by atoms with Gasteiger partial charge in [-0.2, -0.15) is 0 Å². The Bertz CT molecular complexity index is 379. The van der Waals surface area contributed by atoms with E-state index >= 15 is 0 Å². The average Bonchev–Trinajstić information content (AvgIpc) is 2.38. The molecule has 0 aromatic heterocycles. The molecule has 0 saturated heterocycles. The van der Waals surface area contributed by atoms with E-state index in [0.29, 0.717) is 0 Å². The molecule has 0 spiro atoms. The van der Waals surface area contributed by atoms with Crippen LogP contribution in [-0.4, -0.2) is 11.7 Å². The highest BCUT2D eigenvalue weighted by Crippen LogP contribution is 2.27. The Morgan fingerprint density at radius 3 is 2.61 bits per heavy atom. The molecule has 18 heavy (non-hydrogen) atoms. The van der Waals surface area contributed by atoms with Crippen LogP contribution in [0, 0.1) is 12.8 Å². The molecule has 100 valence electrons. The van der Waals surface area contributed by atoms with Gasteiger partial charge >= 0.3 is 0 Å². The van der Waals surface area contributed by atoms with Crippen LogP contribution >= 0.6 is 0 Å². The summed E-state index contributed by atoms with van der Waals surface area (Å²) in [5, 5.41) is 9.53. The van der Waals surface area contributed by atoms with Crippen molar-refractivity contribution >= 4 is 0 Å². The lowest BCUT2D eigenvalue weighted by Gasteiger charge is -2.22. The monoisotopic (exact) mass is 248 g/mol. The Morgan fingerprint density at radius 1 is 1.28 bits per heavy atom. The summed E-state index contributed by atoms with van der Waals surface area (Å²) in [5.74, 6) is 1.69. The minimum Gasteiger partial charge on any atom is -0.493 e. The van der Waals surface area contributed by atoms with Gasteiger partial charge in [0.2, 0.25) is 0 Å². The molecule has 1 unspecified atom stereocenters. The van der Waals surface area contributed by atoms with E-state index in [-0.39, 0.29) is 0 Å². The van der Waals surface area contributed by atoms with Gasteiger partial charge in [0.1, 0.15) is 5.75 Å². The first-order chi connectivity index (χ1) is 8.66. The molecule has 0 aliphatic heterocycles. The van der Waals surface area contributed by atoms with Crippen LogP contribution in [0.4, 0.5) is 0 Å². The third-order valence-corrected chi connectivity index (χ3v) is 3.88. The zero-order valence-electron chi connectivity index (χ0n) is 11.5. The topological polar surface area (TPSA) is 29.5 Å². The third kappa shape index (κ3) is 3.49. The quantitative estimate of drug-likeness (QED) is 0.872. The summed E-state index contributed by atoms with van der Waals surface area (Å²) in [6, 6.07) is 5.95. The van der Waals surface area contributed by atoms with E-state index in [2.05, 4.69) is 0 Å². The number of aliphatic hydroxyl groups is 1. The SMILES string of the molecule is Cc1cc(C(C)O)ccc1OCC1CCCCC1. The average molecular weight is 248 g/mol. The summed E-state index contributed by atoms with van der Waals surface area (Å²) in [6.07, 6.45) is 6.31. The van der Waals surface area contributed by atoms with Crippen molar-refractivity contribution in [3.05, 3.63) is 29.3 Å². The molecule has 1 aromatic carbocycles. The van der Waals surface area contributed by atoms with Gasteiger partial charge in [-0.25, -0.2) is 0 Å². The van der Waals surface area contributed by atoms with Gasteiger partial charge in [0.15, 0.2) is 0 Å². The van der Waals surface area contributed by atoms with E-state index < -0.39 is 6.10 Å². The van der Waals surface area contributed by atoms with Gasteiger partial charge in [-0.05, 0) is 55.9 Å². The normalized spacial score (nSPS) is 18.6. The lowest BCUT2D eigenvalue weighted by Crippen LogP contribution is -2.15. The van der Waals surface area contributed by atoms with Crippen molar-refractivity contribution in [2.45, 2.75) is 52.1 Å². The van der Waals surface area contributed by atoms with Crippen LogP contribution in [0.25, 0.3) is 0 Å². The number of rotatable bonds is 4. The van der Waals surface area contributed by atoms with Crippen molar-refractivity contribution in [1.29, 1.82) is 0 Å². The lowest BCUT2D eigenvalue weighted by molar-refractivity contribution is 0.197. The van der Waals surface area contributed by atoms with E-state index in [9.17, 15) is 5.11 Å². The number of ether oxygens (including phenoxy) is 1. The van der Waals surface area contributed by atoms with E-state index in [0.717, 1.165) is 29.4 Å². The molecule has 0 amide bonds. The predicted molar refractivity (Wildman–Crippen MR) is 73.9 cm³/mol. The van der Waals surface area contributed by atoms with Crippen LogP contribution in [0.1, 0.15) is 56.3 Å². The molecule has 1 aliphatic carbocycles. The Kier molecular flexibility index (Phi) is 4.65. The standard InChI is InChI=1S/C16H24O2/c1-12-10-15(13(2)17)8-9-16(12)18-11-14-6-4-3-5-7-14/h8-10,13-14,17H,3-7,11H2,1-2H3. The minimum absolute atomic E-state index is 0.406. The number of hydrogen-bond acceptors (Lipinski definition) is 2. The Balaban J connectivity index is 1.92. The summed E-state index contributed by atoms with van der Waals surface area (Å²) in [7, 11) is 0. The van der Waals surface area contributed by atoms with Crippen molar-refractivity contribution in [2.24, 2.45) is 5.92 Å². The fourth-order valence-electron chi connectivity index (χ4n) is 2.66.